The maximum absolute atomic E-state index is 14.0. The van der Waals surface area contributed by atoms with Crippen molar-refractivity contribution in [3.63, 3.8) is 0 Å². The van der Waals surface area contributed by atoms with Gasteiger partial charge in [-0.25, -0.2) is 14.8 Å². The minimum absolute atomic E-state index is 0.0155. The predicted octanol–water partition coefficient (Wildman–Crippen LogP) is 4.36. The summed E-state index contributed by atoms with van der Waals surface area (Å²) in [6, 6.07) is 11.7. The molecule has 3 heterocycles. The number of hydrogen-bond acceptors (Lipinski definition) is 5. The average molecular weight is 489 g/mol. The number of hydrogen-bond donors (Lipinski definition) is 0. The number of benzene rings is 1. The largest absolute Gasteiger partial charge is 0.369 e. The summed E-state index contributed by atoms with van der Waals surface area (Å²) in [6.45, 7) is 3.76. The zero-order valence-corrected chi connectivity index (χ0v) is 21.9. The van der Waals surface area contributed by atoms with Gasteiger partial charge in [-0.2, -0.15) is 0 Å². The summed E-state index contributed by atoms with van der Waals surface area (Å²) in [7, 11) is 4.45. The maximum Gasteiger partial charge on any atom is 0.320 e. The van der Waals surface area contributed by atoms with Gasteiger partial charge in [0.05, 0.1) is 23.6 Å². The Labute approximate surface area is 215 Å². The third kappa shape index (κ3) is 4.15. The van der Waals surface area contributed by atoms with E-state index in [0.717, 1.165) is 70.4 Å². The lowest BCUT2D eigenvalue weighted by molar-refractivity contribution is 0.0226. The van der Waals surface area contributed by atoms with E-state index in [9.17, 15) is 4.79 Å². The van der Waals surface area contributed by atoms with Crippen LogP contribution in [0.5, 0.6) is 0 Å². The molecule has 7 heteroatoms. The van der Waals surface area contributed by atoms with Crippen molar-refractivity contribution >= 4 is 11.7 Å². The summed E-state index contributed by atoms with van der Waals surface area (Å²) in [5, 5.41) is 0. The van der Waals surface area contributed by atoms with Crippen molar-refractivity contribution in [1.29, 1.82) is 0 Å². The van der Waals surface area contributed by atoms with Gasteiger partial charge in [-0.05, 0) is 76.9 Å². The molecule has 4 aliphatic rings. The van der Waals surface area contributed by atoms with E-state index in [0.29, 0.717) is 18.0 Å². The smallest absolute Gasteiger partial charge is 0.320 e. The Balaban J connectivity index is 1.20. The standard InChI is InChI=1S/C29H40N6O/c1-32(2)29(24-6-4-3-5-7-24)14-12-28(13-15-29)21-34(27(36)35(28)20-23-8-9-23)25-10-16-33(17-11-25)26-18-30-22-31-19-26/h3-7,18-19,22-23,25H,8-17,20-21H2,1-2H3/t28-,29+. The monoisotopic (exact) mass is 488 g/mol. The summed E-state index contributed by atoms with van der Waals surface area (Å²) >= 11 is 0. The number of anilines is 1. The van der Waals surface area contributed by atoms with Crippen molar-refractivity contribution in [2.75, 3.05) is 45.2 Å². The number of urea groups is 1. The molecule has 1 aromatic heterocycles. The molecule has 1 spiro atoms. The van der Waals surface area contributed by atoms with Crippen LogP contribution in [-0.2, 0) is 5.54 Å². The molecule has 0 N–H and O–H groups in total. The number of amides is 2. The number of nitrogens with zero attached hydrogens (tertiary/aromatic N) is 6. The number of carbonyl (C=O) groups excluding carboxylic acids is 1. The van der Waals surface area contributed by atoms with Crippen molar-refractivity contribution in [2.24, 2.45) is 5.92 Å². The molecule has 0 atom stereocenters. The molecule has 6 rings (SSSR count). The molecule has 0 unspecified atom stereocenters. The zero-order valence-electron chi connectivity index (χ0n) is 21.9. The number of piperidine rings is 1. The van der Waals surface area contributed by atoms with Crippen molar-refractivity contribution in [2.45, 2.75) is 68.5 Å². The Morgan fingerprint density at radius 1 is 0.944 bits per heavy atom. The summed E-state index contributed by atoms with van der Waals surface area (Å²) < 4.78 is 0. The van der Waals surface area contributed by atoms with E-state index in [4.69, 9.17) is 0 Å². The lowest BCUT2D eigenvalue weighted by Crippen LogP contribution is -2.55. The van der Waals surface area contributed by atoms with Crippen LogP contribution < -0.4 is 4.90 Å². The first-order valence-corrected chi connectivity index (χ1v) is 13.8. The SMILES string of the molecule is CN(C)[C@]1(c2ccccc2)CC[C@]2(CC1)CN(C1CCN(c3cncnc3)CC1)C(=O)N2CC1CC1. The molecule has 192 valence electrons. The maximum atomic E-state index is 14.0. The lowest BCUT2D eigenvalue weighted by atomic mass is 9.68. The second-order valence-corrected chi connectivity index (χ2v) is 11.8. The molecule has 2 aliphatic heterocycles. The molecular formula is C29H40N6O. The second kappa shape index (κ2) is 9.33. The third-order valence-electron chi connectivity index (χ3n) is 9.64. The molecule has 36 heavy (non-hydrogen) atoms. The van der Waals surface area contributed by atoms with Gasteiger partial charge in [0.2, 0.25) is 0 Å². The highest BCUT2D eigenvalue weighted by Crippen LogP contribution is 2.50. The minimum Gasteiger partial charge on any atom is -0.369 e. The molecule has 2 aromatic rings. The Morgan fingerprint density at radius 2 is 1.61 bits per heavy atom. The molecule has 0 radical (unpaired) electrons. The summed E-state index contributed by atoms with van der Waals surface area (Å²) in [5.41, 5.74) is 2.54. The van der Waals surface area contributed by atoms with E-state index in [-0.39, 0.29) is 11.1 Å². The van der Waals surface area contributed by atoms with Gasteiger partial charge < -0.3 is 14.7 Å². The molecule has 2 amide bonds. The lowest BCUT2D eigenvalue weighted by Gasteiger charge is -2.51. The van der Waals surface area contributed by atoms with Crippen LogP contribution in [0.4, 0.5) is 10.5 Å². The fourth-order valence-corrected chi connectivity index (χ4v) is 7.13. The first-order chi connectivity index (χ1) is 17.5. The normalized spacial score (nSPS) is 29.5. The van der Waals surface area contributed by atoms with Crippen LogP contribution in [0.25, 0.3) is 0 Å². The highest BCUT2D eigenvalue weighted by molar-refractivity contribution is 5.79. The Bertz CT molecular complexity index is 1040. The number of aromatic nitrogens is 2. The van der Waals surface area contributed by atoms with Crippen LogP contribution in [0.1, 0.15) is 56.9 Å². The van der Waals surface area contributed by atoms with Crippen LogP contribution in [0, 0.1) is 5.92 Å². The predicted molar refractivity (Wildman–Crippen MR) is 142 cm³/mol. The van der Waals surface area contributed by atoms with Crippen molar-refractivity contribution in [1.82, 2.24) is 24.7 Å². The molecule has 7 nitrogen and oxygen atoms in total. The summed E-state index contributed by atoms with van der Waals surface area (Å²) in [4.78, 5) is 31.7. The van der Waals surface area contributed by atoms with Crippen LogP contribution in [-0.4, -0.2) is 82.6 Å². The summed E-state index contributed by atoms with van der Waals surface area (Å²) in [6.07, 6.45) is 14.3. The van der Waals surface area contributed by atoms with Gasteiger partial charge in [0.25, 0.3) is 0 Å². The van der Waals surface area contributed by atoms with E-state index >= 15 is 0 Å². The van der Waals surface area contributed by atoms with E-state index in [2.05, 4.69) is 74.0 Å². The van der Waals surface area contributed by atoms with Crippen LogP contribution in [0.3, 0.4) is 0 Å². The van der Waals surface area contributed by atoms with E-state index in [1.165, 1.54) is 18.4 Å². The Hall–Kier alpha value is -2.67. The fraction of sp³-hybridized carbons (Fsp3) is 0.621. The Morgan fingerprint density at radius 3 is 2.22 bits per heavy atom. The van der Waals surface area contributed by atoms with E-state index in [1.807, 2.05) is 12.4 Å². The molecule has 2 aliphatic carbocycles. The highest BCUT2D eigenvalue weighted by atomic mass is 16.2. The molecule has 0 bridgehead atoms. The van der Waals surface area contributed by atoms with Gasteiger partial charge >= 0.3 is 6.03 Å². The van der Waals surface area contributed by atoms with Gasteiger partial charge in [0.15, 0.2) is 0 Å². The van der Waals surface area contributed by atoms with Crippen molar-refractivity contribution in [3.05, 3.63) is 54.6 Å². The summed E-state index contributed by atoms with van der Waals surface area (Å²) in [5.74, 6) is 0.709. The first kappa shape index (κ1) is 23.7. The van der Waals surface area contributed by atoms with Gasteiger partial charge in [0.1, 0.15) is 6.33 Å². The minimum atomic E-state index is -0.0155. The second-order valence-electron chi connectivity index (χ2n) is 11.8. The first-order valence-electron chi connectivity index (χ1n) is 13.8. The van der Waals surface area contributed by atoms with E-state index in [1.54, 1.807) is 6.33 Å². The molecule has 1 aromatic carbocycles. The van der Waals surface area contributed by atoms with Crippen LogP contribution >= 0.6 is 0 Å². The zero-order chi connectivity index (χ0) is 24.8. The quantitative estimate of drug-likeness (QED) is 0.605. The van der Waals surface area contributed by atoms with Crippen LogP contribution in [0.2, 0.25) is 0 Å². The number of rotatable bonds is 6. The Kier molecular flexibility index (Phi) is 6.14. The molecular weight excluding hydrogens is 448 g/mol. The molecule has 2 saturated heterocycles. The topological polar surface area (TPSA) is 55.8 Å². The van der Waals surface area contributed by atoms with Crippen LogP contribution in [0.15, 0.2) is 49.1 Å². The third-order valence-corrected chi connectivity index (χ3v) is 9.64. The van der Waals surface area contributed by atoms with Gasteiger partial charge in [-0.15, -0.1) is 0 Å². The number of carbonyl (C=O) groups is 1. The highest BCUT2D eigenvalue weighted by Gasteiger charge is 2.56. The molecule has 2 saturated carbocycles. The van der Waals surface area contributed by atoms with Crippen molar-refractivity contribution in [3.8, 4) is 0 Å². The van der Waals surface area contributed by atoms with E-state index < -0.39 is 0 Å². The fourth-order valence-electron chi connectivity index (χ4n) is 7.13. The van der Waals surface area contributed by atoms with Gasteiger partial charge in [-0.1, -0.05) is 30.3 Å². The average Bonchev–Trinajstić information content (AvgIpc) is 3.72. The van der Waals surface area contributed by atoms with Gasteiger partial charge in [-0.3, -0.25) is 4.90 Å². The molecule has 4 fully saturated rings. The van der Waals surface area contributed by atoms with Gasteiger partial charge in [0, 0.05) is 37.8 Å². The van der Waals surface area contributed by atoms with Crippen molar-refractivity contribution < 1.29 is 4.79 Å².